The van der Waals surface area contributed by atoms with Crippen LogP contribution in [0, 0.1) is 5.82 Å². The van der Waals surface area contributed by atoms with Crippen molar-refractivity contribution in [3.8, 4) is 0 Å². The van der Waals surface area contributed by atoms with E-state index in [1.54, 1.807) is 6.07 Å². The molecule has 2 N–H and O–H groups in total. The number of benzene rings is 1. The maximum absolute atomic E-state index is 14.1. The molecule has 1 aromatic rings. The molecule has 1 aromatic carbocycles. The molecule has 19 heavy (non-hydrogen) atoms. The zero-order valence-electron chi connectivity index (χ0n) is 11.9. The SMILES string of the molecule is CC(N)Cc1c(F)cccc1N1CC(C)SC(C)C1. The summed E-state index contributed by atoms with van der Waals surface area (Å²) in [6.45, 7) is 8.35. The van der Waals surface area contributed by atoms with Gasteiger partial charge in [0.2, 0.25) is 0 Å². The van der Waals surface area contributed by atoms with Gasteiger partial charge in [0.15, 0.2) is 0 Å². The van der Waals surface area contributed by atoms with E-state index in [1.165, 1.54) is 6.07 Å². The van der Waals surface area contributed by atoms with Crippen molar-refractivity contribution in [1.82, 2.24) is 0 Å². The fourth-order valence-corrected chi connectivity index (χ4v) is 4.07. The molecule has 0 radical (unpaired) electrons. The van der Waals surface area contributed by atoms with Crippen LogP contribution in [0.15, 0.2) is 18.2 Å². The molecule has 1 aliphatic heterocycles. The number of thioether (sulfide) groups is 1. The van der Waals surface area contributed by atoms with E-state index in [2.05, 4.69) is 18.7 Å². The summed E-state index contributed by atoms with van der Waals surface area (Å²) >= 11 is 2.00. The Morgan fingerprint density at radius 3 is 2.58 bits per heavy atom. The highest BCUT2D eigenvalue weighted by Crippen LogP contribution is 2.31. The van der Waals surface area contributed by atoms with E-state index in [0.717, 1.165) is 24.3 Å². The minimum absolute atomic E-state index is 0.0235. The van der Waals surface area contributed by atoms with E-state index >= 15 is 0 Å². The Kier molecular flexibility index (Phi) is 4.74. The second kappa shape index (κ2) is 6.14. The van der Waals surface area contributed by atoms with Gasteiger partial charge in [-0.2, -0.15) is 11.8 Å². The lowest BCUT2D eigenvalue weighted by atomic mass is 10.0. The first kappa shape index (κ1) is 14.7. The topological polar surface area (TPSA) is 29.3 Å². The van der Waals surface area contributed by atoms with E-state index in [9.17, 15) is 4.39 Å². The van der Waals surface area contributed by atoms with Crippen LogP contribution in [0.3, 0.4) is 0 Å². The molecule has 1 aliphatic rings. The largest absolute Gasteiger partial charge is 0.369 e. The third kappa shape index (κ3) is 3.63. The summed E-state index contributed by atoms with van der Waals surface area (Å²) in [6, 6.07) is 5.33. The normalized spacial score (nSPS) is 25.4. The van der Waals surface area contributed by atoms with E-state index < -0.39 is 0 Å². The Hall–Kier alpha value is -0.740. The fourth-order valence-electron chi connectivity index (χ4n) is 2.74. The summed E-state index contributed by atoms with van der Waals surface area (Å²) in [5.41, 5.74) is 7.65. The van der Waals surface area contributed by atoms with Crippen LogP contribution in [0.4, 0.5) is 10.1 Å². The van der Waals surface area contributed by atoms with Crippen LogP contribution in [0.5, 0.6) is 0 Å². The first-order valence-corrected chi connectivity index (χ1v) is 7.85. The molecule has 4 heteroatoms. The third-order valence-corrected chi connectivity index (χ3v) is 4.61. The lowest BCUT2D eigenvalue weighted by molar-refractivity contribution is 0.592. The molecule has 0 aliphatic carbocycles. The zero-order valence-corrected chi connectivity index (χ0v) is 12.7. The number of anilines is 1. The molecule has 3 atom stereocenters. The van der Waals surface area contributed by atoms with Crippen LogP contribution in [-0.4, -0.2) is 29.6 Å². The van der Waals surface area contributed by atoms with Gasteiger partial charge in [-0.25, -0.2) is 4.39 Å². The molecule has 1 heterocycles. The minimum atomic E-state index is -0.131. The van der Waals surface area contributed by atoms with Crippen molar-refractivity contribution in [2.75, 3.05) is 18.0 Å². The maximum Gasteiger partial charge on any atom is 0.128 e. The van der Waals surface area contributed by atoms with Crippen LogP contribution in [-0.2, 0) is 6.42 Å². The number of rotatable bonds is 3. The molecule has 0 amide bonds. The quantitative estimate of drug-likeness (QED) is 0.924. The Morgan fingerprint density at radius 1 is 1.37 bits per heavy atom. The summed E-state index contributed by atoms with van der Waals surface area (Å²) in [5, 5.41) is 1.16. The van der Waals surface area contributed by atoms with Gasteiger partial charge in [-0.15, -0.1) is 0 Å². The average molecular weight is 282 g/mol. The standard InChI is InChI=1S/C15H23FN2S/c1-10(17)7-13-14(16)5-4-6-15(13)18-8-11(2)19-12(3)9-18/h4-6,10-12H,7-9,17H2,1-3H3. The van der Waals surface area contributed by atoms with E-state index in [-0.39, 0.29) is 11.9 Å². The van der Waals surface area contributed by atoms with E-state index in [1.807, 2.05) is 24.8 Å². The maximum atomic E-state index is 14.1. The molecule has 0 spiro atoms. The zero-order chi connectivity index (χ0) is 14.0. The molecule has 1 fully saturated rings. The van der Waals surface area contributed by atoms with Crippen LogP contribution in [0.1, 0.15) is 26.3 Å². The molecular formula is C15H23FN2S. The van der Waals surface area contributed by atoms with Crippen molar-refractivity contribution in [3.63, 3.8) is 0 Å². The lowest BCUT2D eigenvalue weighted by Gasteiger charge is -2.37. The molecule has 0 bridgehead atoms. The lowest BCUT2D eigenvalue weighted by Crippen LogP contribution is -2.41. The Labute approximate surface area is 119 Å². The molecule has 106 valence electrons. The third-order valence-electron chi connectivity index (χ3n) is 3.38. The van der Waals surface area contributed by atoms with Gasteiger partial charge in [-0.1, -0.05) is 19.9 Å². The number of nitrogens with two attached hydrogens (primary N) is 1. The molecule has 3 unspecified atom stereocenters. The van der Waals surface area contributed by atoms with Gasteiger partial charge in [0.1, 0.15) is 5.82 Å². The van der Waals surface area contributed by atoms with Crippen LogP contribution in [0.2, 0.25) is 0 Å². The number of halogens is 1. The van der Waals surface area contributed by atoms with Gasteiger partial charge >= 0.3 is 0 Å². The second-order valence-corrected chi connectivity index (χ2v) is 7.46. The average Bonchev–Trinajstić information content (AvgIpc) is 2.30. The van der Waals surface area contributed by atoms with Gasteiger partial charge < -0.3 is 10.6 Å². The van der Waals surface area contributed by atoms with Crippen molar-refractivity contribution in [1.29, 1.82) is 0 Å². The molecule has 1 saturated heterocycles. The minimum Gasteiger partial charge on any atom is -0.369 e. The summed E-state index contributed by atoms with van der Waals surface area (Å²) in [6.07, 6.45) is 0.592. The number of nitrogens with zero attached hydrogens (tertiary/aromatic N) is 1. The monoisotopic (exact) mass is 282 g/mol. The van der Waals surface area contributed by atoms with E-state index in [4.69, 9.17) is 5.73 Å². The Balaban J connectivity index is 2.30. The number of hydrogen-bond acceptors (Lipinski definition) is 3. The predicted molar refractivity (Wildman–Crippen MR) is 82.5 cm³/mol. The van der Waals surface area contributed by atoms with E-state index in [0.29, 0.717) is 16.9 Å². The van der Waals surface area contributed by atoms with Gasteiger partial charge in [0.05, 0.1) is 0 Å². The Bertz CT molecular complexity index is 426. The fraction of sp³-hybridized carbons (Fsp3) is 0.600. The summed E-state index contributed by atoms with van der Waals surface area (Å²) < 4.78 is 14.1. The highest BCUT2D eigenvalue weighted by atomic mass is 32.2. The summed E-state index contributed by atoms with van der Waals surface area (Å²) in [4.78, 5) is 2.31. The Morgan fingerprint density at radius 2 is 2.00 bits per heavy atom. The summed E-state index contributed by atoms with van der Waals surface area (Å²) in [5.74, 6) is -0.131. The van der Waals surface area contributed by atoms with Crippen LogP contribution in [0.25, 0.3) is 0 Å². The van der Waals surface area contributed by atoms with Crippen molar-refractivity contribution in [2.24, 2.45) is 5.73 Å². The van der Waals surface area contributed by atoms with Crippen LogP contribution >= 0.6 is 11.8 Å². The van der Waals surface area contributed by atoms with Gasteiger partial charge in [-0.05, 0) is 25.5 Å². The number of hydrogen-bond donors (Lipinski definition) is 1. The first-order valence-electron chi connectivity index (χ1n) is 6.90. The van der Waals surface area contributed by atoms with Crippen molar-refractivity contribution >= 4 is 17.4 Å². The smallest absolute Gasteiger partial charge is 0.128 e. The highest BCUT2D eigenvalue weighted by Gasteiger charge is 2.25. The van der Waals surface area contributed by atoms with Gasteiger partial charge in [0, 0.05) is 40.9 Å². The van der Waals surface area contributed by atoms with Crippen molar-refractivity contribution < 1.29 is 4.39 Å². The van der Waals surface area contributed by atoms with Gasteiger partial charge in [0.25, 0.3) is 0 Å². The molecule has 2 nitrogen and oxygen atoms in total. The van der Waals surface area contributed by atoms with Crippen molar-refractivity contribution in [3.05, 3.63) is 29.6 Å². The summed E-state index contributed by atoms with van der Waals surface area (Å²) in [7, 11) is 0. The molecule has 0 saturated carbocycles. The molecule has 2 rings (SSSR count). The molecular weight excluding hydrogens is 259 g/mol. The molecule has 0 aromatic heterocycles. The highest BCUT2D eigenvalue weighted by molar-refractivity contribution is 8.00. The first-order chi connectivity index (χ1) is 8.97. The van der Waals surface area contributed by atoms with Gasteiger partial charge in [-0.3, -0.25) is 0 Å². The second-order valence-electron chi connectivity index (χ2n) is 5.58. The van der Waals surface area contributed by atoms with Crippen molar-refractivity contribution in [2.45, 2.75) is 43.7 Å². The van der Waals surface area contributed by atoms with Crippen LogP contribution < -0.4 is 10.6 Å². The predicted octanol–water partition coefficient (Wildman–Crippen LogP) is 3.05.